The Kier molecular flexibility index (Phi) is 6.63. The van der Waals surface area contributed by atoms with Crippen LogP contribution in [0.15, 0.2) is 66.9 Å². The number of hydrogen-bond donors (Lipinski definition) is 1. The lowest BCUT2D eigenvalue weighted by molar-refractivity contribution is -0.120. The molecular weight excluding hydrogens is 352 g/mol. The molecule has 0 atom stereocenters. The van der Waals surface area contributed by atoms with E-state index in [2.05, 4.69) is 10.3 Å². The molecule has 2 aromatic carbocycles. The number of nitrogens with one attached hydrogen (secondary N) is 1. The average molecular weight is 376 g/mol. The van der Waals surface area contributed by atoms with Crippen molar-refractivity contribution in [1.82, 2.24) is 10.3 Å². The summed E-state index contributed by atoms with van der Waals surface area (Å²) in [5.74, 6) is 1.94. The Bertz CT molecular complexity index is 906. The van der Waals surface area contributed by atoms with Crippen LogP contribution in [0.5, 0.6) is 17.4 Å². The summed E-state index contributed by atoms with van der Waals surface area (Å²) in [4.78, 5) is 16.4. The first-order valence-electron chi connectivity index (χ1n) is 9.30. The van der Waals surface area contributed by atoms with Crippen molar-refractivity contribution in [3.63, 3.8) is 0 Å². The largest absolute Gasteiger partial charge is 0.494 e. The van der Waals surface area contributed by atoms with E-state index in [1.807, 2.05) is 74.5 Å². The SMILES string of the molecule is CCOc1ccc(Oc2cc(CNC(=O)Cc3ccc(C)cc3)ccn2)cc1. The molecule has 0 unspecified atom stereocenters. The van der Waals surface area contributed by atoms with Gasteiger partial charge in [-0.3, -0.25) is 4.79 Å². The predicted molar refractivity (Wildman–Crippen MR) is 109 cm³/mol. The molecule has 1 amide bonds. The third-order valence-electron chi connectivity index (χ3n) is 4.13. The van der Waals surface area contributed by atoms with E-state index < -0.39 is 0 Å². The number of hydrogen-bond acceptors (Lipinski definition) is 4. The topological polar surface area (TPSA) is 60.5 Å². The molecular formula is C23H24N2O3. The van der Waals surface area contributed by atoms with E-state index in [0.717, 1.165) is 16.9 Å². The molecule has 3 aromatic rings. The van der Waals surface area contributed by atoms with Crippen LogP contribution in [0, 0.1) is 6.92 Å². The fourth-order valence-electron chi connectivity index (χ4n) is 2.66. The predicted octanol–water partition coefficient (Wildman–Crippen LogP) is 4.44. The maximum Gasteiger partial charge on any atom is 0.224 e. The second kappa shape index (κ2) is 9.55. The molecule has 144 valence electrons. The van der Waals surface area contributed by atoms with Crippen LogP contribution in [0.4, 0.5) is 0 Å². The van der Waals surface area contributed by atoms with Gasteiger partial charge in [-0.1, -0.05) is 29.8 Å². The van der Waals surface area contributed by atoms with Gasteiger partial charge in [0.15, 0.2) is 0 Å². The summed E-state index contributed by atoms with van der Waals surface area (Å²) in [6.07, 6.45) is 2.03. The van der Waals surface area contributed by atoms with E-state index in [0.29, 0.717) is 31.2 Å². The molecule has 3 rings (SSSR count). The highest BCUT2D eigenvalue weighted by molar-refractivity contribution is 5.78. The van der Waals surface area contributed by atoms with Crippen LogP contribution in [-0.2, 0) is 17.8 Å². The molecule has 0 aliphatic heterocycles. The van der Waals surface area contributed by atoms with Crippen molar-refractivity contribution < 1.29 is 14.3 Å². The van der Waals surface area contributed by atoms with Gasteiger partial charge in [0.05, 0.1) is 13.0 Å². The molecule has 0 spiro atoms. The maximum absolute atomic E-state index is 12.2. The van der Waals surface area contributed by atoms with Crippen LogP contribution in [0.3, 0.4) is 0 Å². The minimum Gasteiger partial charge on any atom is -0.494 e. The Morgan fingerprint density at radius 2 is 1.68 bits per heavy atom. The zero-order valence-electron chi connectivity index (χ0n) is 16.1. The van der Waals surface area contributed by atoms with Crippen molar-refractivity contribution in [2.45, 2.75) is 26.8 Å². The van der Waals surface area contributed by atoms with Crippen molar-refractivity contribution in [2.75, 3.05) is 6.61 Å². The molecule has 0 aliphatic carbocycles. The lowest BCUT2D eigenvalue weighted by Crippen LogP contribution is -2.24. The third-order valence-corrected chi connectivity index (χ3v) is 4.13. The van der Waals surface area contributed by atoms with E-state index in [1.165, 1.54) is 5.56 Å². The lowest BCUT2D eigenvalue weighted by atomic mass is 10.1. The van der Waals surface area contributed by atoms with E-state index >= 15 is 0 Å². The highest BCUT2D eigenvalue weighted by Gasteiger charge is 2.05. The van der Waals surface area contributed by atoms with Crippen LogP contribution >= 0.6 is 0 Å². The van der Waals surface area contributed by atoms with Crippen LogP contribution in [0.2, 0.25) is 0 Å². The molecule has 0 aliphatic rings. The molecule has 1 heterocycles. The molecule has 1 aromatic heterocycles. The van der Waals surface area contributed by atoms with Gasteiger partial charge in [-0.15, -0.1) is 0 Å². The normalized spacial score (nSPS) is 10.4. The third kappa shape index (κ3) is 5.84. The van der Waals surface area contributed by atoms with Gasteiger partial charge in [-0.05, 0) is 55.3 Å². The highest BCUT2D eigenvalue weighted by atomic mass is 16.5. The monoisotopic (exact) mass is 376 g/mol. The van der Waals surface area contributed by atoms with E-state index in [4.69, 9.17) is 9.47 Å². The number of ether oxygens (including phenoxy) is 2. The van der Waals surface area contributed by atoms with Crippen molar-refractivity contribution in [3.8, 4) is 17.4 Å². The quantitative estimate of drug-likeness (QED) is 0.631. The summed E-state index contributed by atoms with van der Waals surface area (Å²) in [7, 11) is 0. The van der Waals surface area contributed by atoms with Gasteiger partial charge in [-0.2, -0.15) is 0 Å². The van der Waals surface area contributed by atoms with Gasteiger partial charge in [-0.25, -0.2) is 4.98 Å². The summed E-state index contributed by atoms with van der Waals surface area (Å²) in [5, 5.41) is 2.94. The lowest BCUT2D eigenvalue weighted by Gasteiger charge is -2.09. The zero-order chi connectivity index (χ0) is 19.8. The van der Waals surface area contributed by atoms with Gasteiger partial charge in [0, 0.05) is 18.8 Å². The number of rotatable bonds is 8. The maximum atomic E-state index is 12.2. The Morgan fingerprint density at radius 3 is 2.39 bits per heavy atom. The fourth-order valence-corrected chi connectivity index (χ4v) is 2.66. The number of amides is 1. The summed E-state index contributed by atoms with van der Waals surface area (Å²) in [5.41, 5.74) is 3.10. The molecule has 0 radical (unpaired) electrons. The molecule has 0 saturated heterocycles. The molecule has 0 saturated carbocycles. The number of aryl methyl sites for hydroxylation is 1. The highest BCUT2D eigenvalue weighted by Crippen LogP contribution is 2.23. The van der Waals surface area contributed by atoms with Gasteiger partial charge >= 0.3 is 0 Å². The van der Waals surface area contributed by atoms with Crippen LogP contribution in [0.25, 0.3) is 0 Å². The minimum atomic E-state index is -0.0188. The van der Waals surface area contributed by atoms with Crippen LogP contribution in [0.1, 0.15) is 23.6 Å². The number of pyridine rings is 1. The number of carbonyl (C=O) groups is 1. The first kappa shape index (κ1) is 19.4. The summed E-state index contributed by atoms with van der Waals surface area (Å²) >= 11 is 0. The fraction of sp³-hybridized carbons (Fsp3) is 0.217. The Labute approximate surface area is 165 Å². The van der Waals surface area contributed by atoms with E-state index in [1.54, 1.807) is 6.20 Å². The molecule has 0 fully saturated rings. The number of nitrogens with zero attached hydrogens (tertiary/aromatic N) is 1. The number of benzene rings is 2. The molecule has 28 heavy (non-hydrogen) atoms. The van der Waals surface area contributed by atoms with E-state index in [-0.39, 0.29) is 5.91 Å². The van der Waals surface area contributed by atoms with Crippen molar-refractivity contribution in [1.29, 1.82) is 0 Å². The first-order chi connectivity index (χ1) is 13.6. The van der Waals surface area contributed by atoms with Crippen molar-refractivity contribution >= 4 is 5.91 Å². The summed E-state index contributed by atoms with van der Waals surface area (Å²) in [6, 6.07) is 19.0. The summed E-state index contributed by atoms with van der Waals surface area (Å²) in [6.45, 7) is 5.02. The van der Waals surface area contributed by atoms with Gasteiger partial charge in [0.25, 0.3) is 0 Å². The summed E-state index contributed by atoms with van der Waals surface area (Å²) < 4.78 is 11.2. The Balaban J connectivity index is 1.54. The smallest absolute Gasteiger partial charge is 0.224 e. The molecule has 5 heteroatoms. The minimum absolute atomic E-state index is 0.0188. The van der Waals surface area contributed by atoms with Gasteiger partial charge in [0.2, 0.25) is 11.8 Å². The first-order valence-corrected chi connectivity index (χ1v) is 9.30. The second-order valence-corrected chi connectivity index (χ2v) is 6.45. The zero-order valence-corrected chi connectivity index (χ0v) is 16.1. The van der Waals surface area contributed by atoms with Crippen molar-refractivity contribution in [3.05, 3.63) is 83.6 Å². The number of carbonyl (C=O) groups excluding carboxylic acids is 1. The molecule has 0 bridgehead atoms. The molecule has 5 nitrogen and oxygen atoms in total. The van der Waals surface area contributed by atoms with Crippen LogP contribution < -0.4 is 14.8 Å². The standard InChI is InChI=1S/C23H24N2O3/c1-3-27-20-8-10-21(11-9-20)28-23-15-19(12-13-24-23)16-25-22(26)14-18-6-4-17(2)5-7-18/h4-13,15H,3,14,16H2,1-2H3,(H,25,26). The Hall–Kier alpha value is -3.34. The molecule has 1 N–H and O–H groups in total. The Morgan fingerprint density at radius 1 is 0.964 bits per heavy atom. The van der Waals surface area contributed by atoms with Gasteiger partial charge < -0.3 is 14.8 Å². The second-order valence-electron chi connectivity index (χ2n) is 6.45. The van der Waals surface area contributed by atoms with Crippen molar-refractivity contribution in [2.24, 2.45) is 0 Å². The average Bonchev–Trinajstić information content (AvgIpc) is 2.70. The van der Waals surface area contributed by atoms with E-state index in [9.17, 15) is 4.79 Å². The van der Waals surface area contributed by atoms with Crippen LogP contribution in [-0.4, -0.2) is 17.5 Å². The number of aromatic nitrogens is 1. The van der Waals surface area contributed by atoms with Gasteiger partial charge in [0.1, 0.15) is 11.5 Å².